The SMILES string of the molecule is O=CC1(C2C=CCCC2)CCCOC1. The molecular formula is C12H18O2. The molecule has 1 aliphatic carbocycles. The maximum absolute atomic E-state index is 11.3. The second-order valence-corrected chi connectivity index (χ2v) is 4.47. The summed E-state index contributed by atoms with van der Waals surface area (Å²) < 4.78 is 5.46. The summed E-state index contributed by atoms with van der Waals surface area (Å²) in [6.45, 7) is 1.46. The minimum absolute atomic E-state index is 0.199. The van der Waals surface area contributed by atoms with Crippen molar-refractivity contribution in [1.29, 1.82) is 0 Å². The summed E-state index contributed by atoms with van der Waals surface area (Å²) in [6.07, 6.45) is 11.2. The first-order valence-electron chi connectivity index (χ1n) is 5.58. The summed E-state index contributed by atoms with van der Waals surface area (Å²) in [5.74, 6) is 0.425. The van der Waals surface area contributed by atoms with Gasteiger partial charge in [0, 0.05) is 6.61 Å². The van der Waals surface area contributed by atoms with Crippen molar-refractivity contribution in [3.05, 3.63) is 12.2 Å². The van der Waals surface area contributed by atoms with Crippen molar-refractivity contribution in [3.8, 4) is 0 Å². The number of carbonyl (C=O) groups excluding carboxylic acids is 1. The van der Waals surface area contributed by atoms with Gasteiger partial charge in [0.15, 0.2) is 0 Å². The van der Waals surface area contributed by atoms with Gasteiger partial charge in [-0.05, 0) is 38.0 Å². The van der Waals surface area contributed by atoms with Crippen LogP contribution in [0.3, 0.4) is 0 Å². The molecule has 2 nitrogen and oxygen atoms in total. The molecule has 0 N–H and O–H groups in total. The van der Waals surface area contributed by atoms with Crippen molar-refractivity contribution < 1.29 is 9.53 Å². The van der Waals surface area contributed by atoms with E-state index in [0.29, 0.717) is 12.5 Å². The first-order chi connectivity index (χ1) is 6.87. The molecule has 14 heavy (non-hydrogen) atoms. The molecule has 2 unspecified atom stereocenters. The minimum atomic E-state index is -0.199. The monoisotopic (exact) mass is 194 g/mol. The Morgan fingerprint density at radius 3 is 2.93 bits per heavy atom. The summed E-state index contributed by atoms with van der Waals surface area (Å²) >= 11 is 0. The quantitative estimate of drug-likeness (QED) is 0.498. The molecule has 1 heterocycles. The molecule has 1 saturated heterocycles. The minimum Gasteiger partial charge on any atom is -0.380 e. The number of aldehydes is 1. The molecule has 2 heteroatoms. The summed E-state index contributed by atoms with van der Waals surface area (Å²) in [7, 11) is 0. The fourth-order valence-electron chi connectivity index (χ4n) is 2.60. The Hall–Kier alpha value is -0.630. The van der Waals surface area contributed by atoms with Crippen molar-refractivity contribution >= 4 is 6.29 Å². The van der Waals surface area contributed by atoms with E-state index < -0.39 is 0 Å². The highest BCUT2D eigenvalue weighted by Crippen LogP contribution is 2.39. The van der Waals surface area contributed by atoms with Crippen LogP contribution in [0.15, 0.2) is 12.2 Å². The van der Waals surface area contributed by atoms with Crippen molar-refractivity contribution in [3.63, 3.8) is 0 Å². The molecule has 2 rings (SSSR count). The van der Waals surface area contributed by atoms with Gasteiger partial charge < -0.3 is 9.53 Å². The van der Waals surface area contributed by atoms with Gasteiger partial charge >= 0.3 is 0 Å². The summed E-state index contributed by atoms with van der Waals surface area (Å²) in [5, 5.41) is 0. The van der Waals surface area contributed by atoms with E-state index in [2.05, 4.69) is 12.2 Å². The first kappa shape index (κ1) is 9.91. The second kappa shape index (κ2) is 4.26. The third kappa shape index (κ3) is 1.76. The molecule has 0 aromatic rings. The van der Waals surface area contributed by atoms with Crippen LogP contribution in [-0.4, -0.2) is 19.5 Å². The van der Waals surface area contributed by atoms with Gasteiger partial charge in [-0.2, -0.15) is 0 Å². The molecule has 1 fully saturated rings. The molecule has 78 valence electrons. The van der Waals surface area contributed by atoms with Crippen LogP contribution in [-0.2, 0) is 9.53 Å². The van der Waals surface area contributed by atoms with Crippen molar-refractivity contribution in [2.24, 2.45) is 11.3 Å². The highest BCUT2D eigenvalue weighted by Gasteiger charge is 2.39. The highest BCUT2D eigenvalue weighted by molar-refractivity contribution is 5.61. The Bertz CT molecular complexity index is 226. The molecule has 2 aliphatic rings. The van der Waals surface area contributed by atoms with Crippen LogP contribution in [0.2, 0.25) is 0 Å². The third-order valence-electron chi connectivity index (χ3n) is 3.53. The standard InChI is InChI=1S/C12H18O2/c13-9-12(7-4-8-14-10-12)11-5-2-1-3-6-11/h2,5,9,11H,1,3-4,6-8,10H2. The number of carbonyl (C=O) groups is 1. The fraction of sp³-hybridized carbons (Fsp3) is 0.750. The van der Waals surface area contributed by atoms with Gasteiger partial charge in [0.1, 0.15) is 6.29 Å². The van der Waals surface area contributed by atoms with Crippen LogP contribution in [0.5, 0.6) is 0 Å². The van der Waals surface area contributed by atoms with Crippen LogP contribution in [0, 0.1) is 11.3 Å². The van der Waals surface area contributed by atoms with Gasteiger partial charge in [-0.25, -0.2) is 0 Å². The molecular weight excluding hydrogens is 176 g/mol. The first-order valence-corrected chi connectivity index (χ1v) is 5.58. The van der Waals surface area contributed by atoms with E-state index in [9.17, 15) is 4.79 Å². The van der Waals surface area contributed by atoms with E-state index >= 15 is 0 Å². The van der Waals surface area contributed by atoms with E-state index in [1.54, 1.807) is 0 Å². The summed E-state index contributed by atoms with van der Waals surface area (Å²) in [6, 6.07) is 0. The van der Waals surface area contributed by atoms with Gasteiger partial charge in [0.25, 0.3) is 0 Å². The predicted octanol–water partition coefficient (Wildman–Crippen LogP) is 2.34. The maximum Gasteiger partial charge on any atom is 0.129 e. The van der Waals surface area contributed by atoms with E-state index in [4.69, 9.17) is 4.74 Å². The molecule has 0 spiro atoms. The zero-order valence-corrected chi connectivity index (χ0v) is 8.58. The zero-order chi connectivity index (χ0) is 9.86. The van der Waals surface area contributed by atoms with Crippen LogP contribution in [0.25, 0.3) is 0 Å². The van der Waals surface area contributed by atoms with Gasteiger partial charge in [-0.1, -0.05) is 12.2 Å². The fourth-order valence-corrected chi connectivity index (χ4v) is 2.60. The van der Waals surface area contributed by atoms with Crippen molar-refractivity contribution in [2.75, 3.05) is 13.2 Å². The van der Waals surface area contributed by atoms with Crippen LogP contribution < -0.4 is 0 Å². The number of ether oxygens (including phenoxy) is 1. The normalized spacial score (nSPS) is 38.1. The van der Waals surface area contributed by atoms with Gasteiger partial charge in [-0.15, -0.1) is 0 Å². The van der Waals surface area contributed by atoms with Crippen LogP contribution in [0.4, 0.5) is 0 Å². The topological polar surface area (TPSA) is 26.3 Å². The summed E-state index contributed by atoms with van der Waals surface area (Å²) in [5.41, 5.74) is -0.199. The predicted molar refractivity (Wildman–Crippen MR) is 55.0 cm³/mol. The number of rotatable bonds is 2. The van der Waals surface area contributed by atoms with Gasteiger partial charge in [0.05, 0.1) is 12.0 Å². The maximum atomic E-state index is 11.3. The molecule has 2 atom stereocenters. The Morgan fingerprint density at radius 2 is 2.36 bits per heavy atom. The lowest BCUT2D eigenvalue weighted by atomic mass is 9.69. The second-order valence-electron chi connectivity index (χ2n) is 4.47. The molecule has 0 aromatic heterocycles. The lowest BCUT2D eigenvalue weighted by Gasteiger charge is -2.38. The van der Waals surface area contributed by atoms with Gasteiger partial charge in [-0.3, -0.25) is 0 Å². The van der Waals surface area contributed by atoms with E-state index in [1.165, 1.54) is 12.8 Å². The Morgan fingerprint density at radius 1 is 1.43 bits per heavy atom. The smallest absolute Gasteiger partial charge is 0.129 e. The Labute approximate surface area is 85.3 Å². The Balaban J connectivity index is 2.12. The zero-order valence-electron chi connectivity index (χ0n) is 8.58. The number of hydrogen-bond donors (Lipinski definition) is 0. The van der Waals surface area contributed by atoms with E-state index in [-0.39, 0.29) is 5.41 Å². The lowest BCUT2D eigenvalue weighted by Crippen LogP contribution is -2.40. The molecule has 0 amide bonds. The molecule has 0 bridgehead atoms. The average Bonchev–Trinajstić information content (AvgIpc) is 2.31. The number of hydrogen-bond acceptors (Lipinski definition) is 2. The van der Waals surface area contributed by atoms with E-state index in [1.807, 2.05) is 0 Å². The lowest BCUT2D eigenvalue weighted by molar-refractivity contribution is -0.127. The van der Waals surface area contributed by atoms with E-state index in [0.717, 1.165) is 32.2 Å². The molecule has 0 radical (unpaired) electrons. The van der Waals surface area contributed by atoms with Crippen LogP contribution in [0.1, 0.15) is 32.1 Å². The molecule has 1 aliphatic heterocycles. The van der Waals surface area contributed by atoms with Crippen molar-refractivity contribution in [1.82, 2.24) is 0 Å². The summed E-state index contributed by atoms with van der Waals surface area (Å²) in [4.78, 5) is 11.3. The average molecular weight is 194 g/mol. The largest absolute Gasteiger partial charge is 0.380 e. The van der Waals surface area contributed by atoms with Gasteiger partial charge in [0.2, 0.25) is 0 Å². The highest BCUT2D eigenvalue weighted by atomic mass is 16.5. The Kier molecular flexibility index (Phi) is 3.02. The number of allylic oxidation sites excluding steroid dienone is 2. The molecule has 0 saturated carbocycles. The van der Waals surface area contributed by atoms with Crippen molar-refractivity contribution in [2.45, 2.75) is 32.1 Å². The third-order valence-corrected chi connectivity index (χ3v) is 3.53. The molecule has 0 aromatic carbocycles. The van der Waals surface area contributed by atoms with Crippen LogP contribution >= 0.6 is 0 Å².